The summed E-state index contributed by atoms with van der Waals surface area (Å²) in [5.74, 6) is 1.84. The fourth-order valence-electron chi connectivity index (χ4n) is 2.86. The normalized spacial score (nSPS) is 11.9. The Morgan fingerprint density at radius 2 is 2.11 bits per heavy atom. The molecule has 1 atom stereocenters. The zero-order chi connectivity index (χ0) is 20.1. The quantitative estimate of drug-likeness (QED) is 0.427. The Morgan fingerprint density at radius 3 is 2.86 bits per heavy atom. The molecule has 0 radical (unpaired) electrons. The minimum absolute atomic E-state index is 0.136. The van der Waals surface area contributed by atoms with E-state index in [2.05, 4.69) is 31.0 Å². The van der Waals surface area contributed by atoms with Crippen molar-refractivity contribution >= 4 is 23.0 Å². The van der Waals surface area contributed by atoms with Crippen LogP contribution in [0.3, 0.4) is 0 Å². The number of nitriles is 1. The Labute approximate surface area is 163 Å². The van der Waals surface area contributed by atoms with Crippen molar-refractivity contribution in [2.75, 3.05) is 36.5 Å². The van der Waals surface area contributed by atoms with E-state index >= 15 is 0 Å². The lowest BCUT2D eigenvalue weighted by molar-refractivity contribution is 0.720. The summed E-state index contributed by atoms with van der Waals surface area (Å²) in [6.07, 6.45) is 4.20. The first-order valence-electron chi connectivity index (χ1n) is 9.06. The minimum Gasteiger partial charge on any atom is -0.382 e. The number of aryl methyl sites for hydroxylation is 1. The summed E-state index contributed by atoms with van der Waals surface area (Å²) >= 11 is 0. The van der Waals surface area contributed by atoms with Crippen LogP contribution in [0.1, 0.15) is 36.3 Å². The lowest BCUT2D eigenvalue weighted by atomic mass is 10.2. The number of nitrogens with two attached hydrogens (primary N) is 1. The number of nitrogens with zero attached hydrogens (tertiary/aromatic N) is 6. The van der Waals surface area contributed by atoms with Crippen LogP contribution < -0.4 is 21.7 Å². The summed E-state index contributed by atoms with van der Waals surface area (Å²) in [4.78, 5) is 12.7. The Bertz CT molecular complexity index is 1000. The van der Waals surface area contributed by atoms with Gasteiger partial charge >= 0.3 is 0 Å². The second-order valence-corrected chi connectivity index (χ2v) is 6.45. The van der Waals surface area contributed by atoms with Gasteiger partial charge < -0.3 is 21.7 Å². The van der Waals surface area contributed by atoms with E-state index in [9.17, 15) is 5.26 Å². The number of hydrogen-bond donors (Lipinski definition) is 4. The van der Waals surface area contributed by atoms with Gasteiger partial charge in [0, 0.05) is 12.7 Å². The van der Waals surface area contributed by atoms with Crippen molar-refractivity contribution in [3.63, 3.8) is 0 Å². The summed E-state index contributed by atoms with van der Waals surface area (Å²) in [5, 5.41) is 23.6. The van der Waals surface area contributed by atoms with Crippen molar-refractivity contribution in [2.45, 2.75) is 26.3 Å². The van der Waals surface area contributed by atoms with Gasteiger partial charge in [0.1, 0.15) is 35.1 Å². The highest BCUT2D eigenvalue weighted by molar-refractivity contribution is 5.72. The summed E-state index contributed by atoms with van der Waals surface area (Å²) in [7, 11) is 1.93. The first kappa shape index (κ1) is 19.3. The molecule has 146 valence electrons. The van der Waals surface area contributed by atoms with Crippen molar-refractivity contribution < 1.29 is 0 Å². The molecule has 3 heterocycles. The molecule has 0 amide bonds. The predicted octanol–water partition coefficient (Wildman–Crippen LogP) is 1.48. The van der Waals surface area contributed by atoms with Crippen LogP contribution in [0.4, 0.5) is 17.5 Å². The van der Waals surface area contributed by atoms with Crippen LogP contribution in [-0.2, 0) is 0 Å². The molecule has 28 heavy (non-hydrogen) atoms. The molecule has 0 unspecified atom stereocenters. The molecule has 0 saturated carbocycles. The predicted molar refractivity (Wildman–Crippen MR) is 108 cm³/mol. The molecule has 0 saturated heterocycles. The van der Waals surface area contributed by atoms with E-state index in [1.165, 1.54) is 6.33 Å². The van der Waals surface area contributed by atoms with Crippen LogP contribution in [-0.4, -0.2) is 44.7 Å². The fraction of sp³-hybridized carbons (Fsp3) is 0.389. The number of anilines is 3. The van der Waals surface area contributed by atoms with E-state index in [4.69, 9.17) is 10.7 Å². The zero-order valence-electron chi connectivity index (χ0n) is 16.2. The van der Waals surface area contributed by atoms with E-state index in [0.717, 1.165) is 36.4 Å². The smallest absolute Gasteiger partial charge is 0.173 e. The molecule has 0 spiro atoms. The molecule has 0 bridgehead atoms. The van der Waals surface area contributed by atoms with Gasteiger partial charge in [-0.3, -0.25) is 0 Å². The highest BCUT2D eigenvalue weighted by Gasteiger charge is 2.18. The van der Waals surface area contributed by atoms with Crippen molar-refractivity contribution in [3.05, 3.63) is 35.5 Å². The Kier molecular flexibility index (Phi) is 5.86. The monoisotopic (exact) mass is 380 g/mol. The van der Waals surface area contributed by atoms with Gasteiger partial charge in [-0.2, -0.15) is 10.4 Å². The Hall–Kier alpha value is -3.45. The third kappa shape index (κ3) is 3.94. The fourth-order valence-corrected chi connectivity index (χ4v) is 2.86. The average Bonchev–Trinajstić information content (AvgIpc) is 3.06. The molecule has 0 fully saturated rings. The molecule has 5 N–H and O–H groups in total. The SMILES string of the molecule is CNCCCNc1nc([C@H](C)Nc2ncnc(N)c2C#N)nn2ccc(C)c12. The van der Waals surface area contributed by atoms with Crippen LogP contribution in [0.15, 0.2) is 18.6 Å². The van der Waals surface area contributed by atoms with Crippen LogP contribution in [0.25, 0.3) is 5.52 Å². The molecule has 3 aromatic rings. The Morgan fingerprint density at radius 1 is 1.29 bits per heavy atom. The second kappa shape index (κ2) is 8.49. The Balaban J connectivity index is 1.90. The molecule has 3 aromatic heterocycles. The van der Waals surface area contributed by atoms with E-state index in [-0.39, 0.29) is 17.4 Å². The van der Waals surface area contributed by atoms with Crippen LogP contribution >= 0.6 is 0 Å². The highest BCUT2D eigenvalue weighted by atomic mass is 15.3. The number of nitrogen functional groups attached to an aromatic ring is 1. The van der Waals surface area contributed by atoms with E-state index in [1.807, 2.05) is 43.7 Å². The largest absolute Gasteiger partial charge is 0.382 e. The molecule has 0 aromatic carbocycles. The van der Waals surface area contributed by atoms with E-state index in [0.29, 0.717) is 11.6 Å². The molecular formula is C18H24N10. The zero-order valence-corrected chi connectivity index (χ0v) is 16.2. The molecule has 0 aliphatic carbocycles. The van der Waals surface area contributed by atoms with E-state index < -0.39 is 0 Å². The van der Waals surface area contributed by atoms with Gasteiger partial charge in [0.05, 0.1) is 6.04 Å². The molecule has 3 rings (SSSR count). The van der Waals surface area contributed by atoms with Crippen molar-refractivity contribution in [2.24, 2.45) is 0 Å². The van der Waals surface area contributed by atoms with E-state index in [1.54, 1.807) is 0 Å². The number of fused-ring (bicyclic) bond motifs is 1. The molecule has 10 heteroatoms. The van der Waals surface area contributed by atoms with Crippen molar-refractivity contribution in [3.8, 4) is 6.07 Å². The highest BCUT2D eigenvalue weighted by Crippen LogP contribution is 2.24. The van der Waals surface area contributed by atoms with Gasteiger partial charge in [-0.1, -0.05) is 0 Å². The summed E-state index contributed by atoms with van der Waals surface area (Å²) in [6.45, 7) is 5.65. The third-order valence-corrected chi connectivity index (χ3v) is 4.35. The lowest BCUT2D eigenvalue weighted by Crippen LogP contribution is -2.18. The molecule has 0 aliphatic heterocycles. The van der Waals surface area contributed by atoms with Gasteiger partial charge in [-0.25, -0.2) is 19.5 Å². The van der Waals surface area contributed by atoms with Crippen LogP contribution in [0.2, 0.25) is 0 Å². The average molecular weight is 380 g/mol. The second-order valence-electron chi connectivity index (χ2n) is 6.45. The lowest BCUT2D eigenvalue weighted by Gasteiger charge is -2.16. The summed E-state index contributed by atoms with van der Waals surface area (Å²) in [6, 6.07) is 3.73. The first-order valence-corrected chi connectivity index (χ1v) is 9.06. The molecule has 10 nitrogen and oxygen atoms in total. The van der Waals surface area contributed by atoms with Crippen molar-refractivity contribution in [1.29, 1.82) is 5.26 Å². The van der Waals surface area contributed by atoms with Crippen LogP contribution in [0, 0.1) is 18.3 Å². The molecule has 0 aliphatic rings. The van der Waals surface area contributed by atoms with Crippen LogP contribution in [0.5, 0.6) is 0 Å². The molecular weight excluding hydrogens is 356 g/mol. The maximum atomic E-state index is 9.31. The van der Waals surface area contributed by atoms with Gasteiger partial charge in [0.2, 0.25) is 0 Å². The summed E-state index contributed by atoms with van der Waals surface area (Å²) < 4.78 is 1.82. The maximum Gasteiger partial charge on any atom is 0.173 e. The summed E-state index contributed by atoms with van der Waals surface area (Å²) in [5.41, 5.74) is 8.01. The number of hydrogen-bond acceptors (Lipinski definition) is 9. The number of rotatable bonds is 8. The van der Waals surface area contributed by atoms with Gasteiger partial charge in [0.15, 0.2) is 11.6 Å². The van der Waals surface area contributed by atoms with Gasteiger partial charge in [0.25, 0.3) is 0 Å². The third-order valence-electron chi connectivity index (χ3n) is 4.35. The number of aromatic nitrogens is 5. The topological polar surface area (TPSA) is 142 Å². The number of nitrogens with one attached hydrogen (secondary N) is 3. The first-order chi connectivity index (χ1) is 13.5. The standard InChI is InChI=1S/C18H24N10/c1-11-5-8-28-14(11)18(22-7-4-6-21-3)26-16(27-28)12(2)25-17-13(9-19)15(20)23-10-24-17/h5,8,10,12,21H,4,6-7H2,1-3H3,(H,22,26,27)(H3,20,23,24,25)/t12-/m0/s1. The van der Waals surface area contributed by atoms with Crippen molar-refractivity contribution in [1.82, 2.24) is 29.9 Å². The van der Waals surface area contributed by atoms with Gasteiger partial charge in [-0.05, 0) is 45.5 Å². The van der Waals surface area contributed by atoms with Gasteiger partial charge in [-0.15, -0.1) is 0 Å². The minimum atomic E-state index is -0.300. The maximum absolute atomic E-state index is 9.31.